The van der Waals surface area contributed by atoms with Crippen LogP contribution in [0.1, 0.15) is 12.0 Å². The molecule has 0 atom stereocenters. The van der Waals surface area contributed by atoms with Crippen LogP contribution in [0.4, 0.5) is 5.69 Å². The van der Waals surface area contributed by atoms with Crippen molar-refractivity contribution in [2.45, 2.75) is 6.42 Å². The van der Waals surface area contributed by atoms with Crippen LogP contribution in [0.25, 0.3) is 0 Å². The highest BCUT2D eigenvalue weighted by molar-refractivity contribution is 6.02. The van der Waals surface area contributed by atoms with Crippen LogP contribution in [0.3, 0.4) is 0 Å². The van der Waals surface area contributed by atoms with Crippen LogP contribution in [0.2, 0.25) is 0 Å². The van der Waals surface area contributed by atoms with Gasteiger partial charge in [-0.1, -0.05) is 48.5 Å². The minimum absolute atomic E-state index is 0.0253. The van der Waals surface area contributed by atoms with E-state index in [0.29, 0.717) is 13.1 Å². The zero-order chi connectivity index (χ0) is 15.4. The normalized spacial score (nSPS) is 13.9. The van der Waals surface area contributed by atoms with E-state index in [0.717, 1.165) is 23.4 Å². The summed E-state index contributed by atoms with van der Waals surface area (Å²) in [5.74, 6) is 0.0253. The third kappa shape index (κ3) is 3.17. The number of carbonyl (C=O) groups is 1. The fraction of sp³-hybridized carbons (Fsp3) is 0.222. The number of hydrogen-bond donors (Lipinski definition) is 0. The number of amides is 1. The molecule has 112 valence electrons. The summed E-state index contributed by atoms with van der Waals surface area (Å²) in [6.07, 6.45) is 0.810. The second-order valence-electron chi connectivity index (χ2n) is 5.37. The van der Waals surface area contributed by atoms with Gasteiger partial charge in [0.2, 0.25) is 0 Å². The van der Waals surface area contributed by atoms with E-state index in [1.54, 1.807) is 5.01 Å². The molecule has 0 saturated carbocycles. The molecule has 0 spiro atoms. The van der Waals surface area contributed by atoms with E-state index >= 15 is 0 Å². The number of hydrazone groups is 1. The molecule has 0 aromatic heterocycles. The Hall–Kier alpha value is -2.62. The highest BCUT2D eigenvalue weighted by Crippen LogP contribution is 2.15. The van der Waals surface area contributed by atoms with Crippen LogP contribution < -0.4 is 4.90 Å². The first-order chi connectivity index (χ1) is 10.7. The highest BCUT2D eigenvalue weighted by Gasteiger charge is 2.22. The molecular weight excluding hydrogens is 274 g/mol. The predicted octanol–water partition coefficient (Wildman–Crippen LogP) is 2.76. The lowest BCUT2D eigenvalue weighted by molar-refractivity contribution is -0.129. The van der Waals surface area contributed by atoms with Crippen LogP contribution in [0.5, 0.6) is 0 Å². The number of benzene rings is 2. The van der Waals surface area contributed by atoms with Gasteiger partial charge < -0.3 is 4.90 Å². The van der Waals surface area contributed by atoms with E-state index in [1.807, 2.05) is 72.6 Å². The summed E-state index contributed by atoms with van der Waals surface area (Å²) in [5, 5.41) is 6.06. The van der Waals surface area contributed by atoms with Crippen molar-refractivity contribution in [3.05, 3.63) is 66.2 Å². The van der Waals surface area contributed by atoms with Crippen LogP contribution in [-0.4, -0.2) is 36.8 Å². The minimum atomic E-state index is 0.0253. The summed E-state index contributed by atoms with van der Waals surface area (Å²) in [6, 6.07) is 19.9. The van der Waals surface area contributed by atoms with Gasteiger partial charge in [-0.15, -0.1) is 0 Å². The Morgan fingerprint density at radius 1 is 1.09 bits per heavy atom. The van der Waals surface area contributed by atoms with Crippen LogP contribution >= 0.6 is 0 Å². The van der Waals surface area contributed by atoms with Crippen LogP contribution in [0.15, 0.2) is 65.8 Å². The Morgan fingerprint density at radius 2 is 1.73 bits per heavy atom. The van der Waals surface area contributed by atoms with Crippen molar-refractivity contribution in [1.29, 1.82) is 0 Å². The van der Waals surface area contributed by atoms with E-state index in [-0.39, 0.29) is 5.91 Å². The summed E-state index contributed by atoms with van der Waals surface area (Å²) in [5.41, 5.74) is 3.10. The molecule has 0 aliphatic carbocycles. The average Bonchev–Trinajstić information content (AvgIpc) is 3.06. The number of rotatable bonds is 4. The molecule has 0 N–H and O–H groups in total. The molecule has 1 aliphatic rings. The third-order valence-electron chi connectivity index (χ3n) is 3.77. The van der Waals surface area contributed by atoms with E-state index in [4.69, 9.17) is 0 Å². The van der Waals surface area contributed by atoms with E-state index < -0.39 is 0 Å². The minimum Gasteiger partial charge on any atom is -0.365 e. The summed E-state index contributed by atoms with van der Waals surface area (Å²) in [6.45, 7) is 0.987. The summed E-state index contributed by atoms with van der Waals surface area (Å²) >= 11 is 0. The van der Waals surface area contributed by atoms with Gasteiger partial charge in [0.05, 0.1) is 18.8 Å². The first-order valence-corrected chi connectivity index (χ1v) is 7.43. The number of para-hydroxylation sites is 1. The van der Waals surface area contributed by atoms with Gasteiger partial charge in [-0.05, 0) is 17.7 Å². The molecule has 0 saturated heterocycles. The van der Waals surface area contributed by atoms with Gasteiger partial charge in [-0.2, -0.15) is 5.10 Å². The molecule has 0 bridgehead atoms. The molecule has 3 rings (SSSR count). The zero-order valence-corrected chi connectivity index (χ0v) is 12.6. The van der Waals surface area contributed by atoms with Crippen molar-refractivity contribution >= 4 is 17.3 Å². The number of carbonyl (C=O) groups excluding carboxylic acids is 1. The topological polar surface area (TPSA) is 35.9 Å². The molecule has 1 heterocycles. The highest BCUT2D eigenvalue weighted by atomic mass is 16.2. The largest absolute Gasteiger partial charge is 0.365 e. The second-order valence-corrected chi connectivity index (χ2v) is 5.37. The van der Waals surface area contributed by atoms with Crippen molar-refractivity contribution in [2.75, 3.05) is 25.0 Å². The maximum atomic E-state index is 12.4. The van der Waals surface area contributed by atoms with Gasteiger partial charge in [0.25, 0.3) is 5.91 Å². The fourth-order valence-corrected chi connectivity index (χ4v) is 2.53. The molecule has 1 amide bonds. The van der Waals surface area contributed by atoms with Crippen LogP contribution in [-0.2, 0) is 4.79 Å². The van der Waals surface area contributed by atoms with Gasteiger partial charge in [-0.25, -0.2) is 5.01 Å². The monoisotopic (exact) mass is 293 g/mol. The van der Waals surface area contributed by atoms with E-state index in [2.05, 4.69) is 5.10 Å². The van der Waals surface area contributed by atoms with E-state index in [1.165, 1.54) is 0 Å². The summed E-state index contributed by atoms with van der Waals surface area (Å²) < 4.78 is 0. The van der Waals surface area contributed by atoms with Gasteiger partial charge in [-0.3, -0.25) is 4.79 Å². The lowest BCUT2D eigenvalue weighted by atomic mass is 10.1. The molecule has 2 aromatic carbocycles. The Kier molecular flexibility index (Phi) is 4.19. The number of nitrogens with zero attached hydrogens (tertiary/aromatic N) is 3. The van der Waals surface area contributed by atoms with Crippen molar-refractivity contribution in [2.24, 2.45) is 5.10 Å². The van der Waals surface area contributed by atoms with Gasteiger partial charge in [0.15, 0.2) is 0 Å². The lowest BCUT2D eigenvalue weighted by Gasteiger charge is -2.20. The van der Waals surface area contributed by atoms with Crippen LogP contribution in [0, 0.1) is 0 Å². The number of anilines is 1. The second kappa shape index (κ2) is 6.43. The number of hydrogen-bond acceptors (Lipinski definition) is 3. The van der Waals surface area contributed by atoms with Gasteiger partial charge in [0.1, 0.15) is 0 Å². The zero-order valence-electron chi connectivity index (χ0n) is 12.6. The van der Waals surface area contributed by atoms with E-state index in [9.17, 15) is 4.79 Å². The standard InChI is InChI=1S/C18H19N3O/c1-20(16-10-6-3-7-11-16)14-18(22)21-13-12-17(19-21)15-8-4-2-5-9-15/h2-11H,12-14H2,1H3. The molecule has 0 radical (unpaired) electrons. The Bertz CT molecular complexity index is 667. The molecule has 0 unspecified atom stereocenters. The molecular formula is C18H19N3O. The number of likely N-dealkylation sites (N-methyl/N-ethyl adjacent to an activating group) is 1. The predicted molar refractivity (Wildman–Crippen MR) is 89.0 cm³/mol. The SMILES string of the molecule is CN(CC(=O)N1CCC(c2ccccc2)=N1)c1ccccc1. The average molecular weight is 293 g/mol. The first-order valence-electron chi connectivity index (χ1n) is 7.43. The van der Waals surface area contributed by atoms with Crippen molar-refractivity contribution in [3.8, 4) is 0 Å². The molecule has 22 heavy (non-hydrogen) atoms. The first kappa shape index (κ1) is 14.3. The maximum Gasteiger partial charge on any atom is 0.262 e. The molecule has 0 fully saturated rings. The fourth-order valence-electron chi connectivity index (χ4n) is 2.53. The van der Waals surface area contributed by atoms with Crippen molar-refractivity contribution in [3.63, 3.8) is 0 Å². The van der Waals surface area contributed by atoms with Gasteiger partial charge >= 0.3 is 0 Å². The third-order valence-corrected chi connectivity index (χ3v) is 3.77. The molecule has 4 heteroatoms. The summed E-state index contributed by atoms with van der Waals surface area (Å²) in [7, 11) is 1.92. The quantitative estimate of drug-likeness (QED) is 0.869. The maximum absolute atomic E-state index is 12.4. The molecule has 2 aromatic rings. The summed E-state index contributed by atoms with van der Waals surface area (Å²) in [4.78, 5) is 14.3. The lowest BCUT2D eigenvalue weighted by Crippen LogP contribution is -2.35. The Morgan fingerprint density at radius 3 is 2.41 bits per heavy atom. The van der Waals surface area contributed by atoms with Crippen molar-refractivity contribution < 1.29 is 4.79 Å². The Balaban J connectivity index is 1.65. The molecule has 4 nitrogen and oxygen atoms in total. The van der Waals surface area contributed by atoms with Gasteiger partial charge in [0, 0.05) is 19.2 Å². The molecule has 1 aliphatic heterocycles. The van der Waals surface area contributed by atoms with Crippen molar-refractivity contribution in [1.82, 2.24) is 5.01 Å². The smallest absolute Gasteiger partial charge is 0.262 e. The Labute approximate surface area is 130 Å².